The maximum absolute atomic E-state index is 11.9. The van der Waals surface area contributed by atoms with Crippen LogP contribution in [0.4, 0.5) is 0 Å². The van der Waals surface area contributed by atoms with Crippen molar-refractivity contribution in [3.63, 3.8) is 0 Å². The van der Waals surface area contributed by atoms with Crippen molar-refractivity contribution in [2.75, 3.05) is 13.2 Å². The van der Waals surface area contributed by atoms with Crippen LogP contribution in [0.1, 0.15) is 67.2 Å². The minimum atomic E-state index is -0.675. The van der Waals surface area contributed by atoms with Gasteiger partial charge in [0.2, 0.25) is 0 Å². The van der Waals surface area contributed by atoms with Gasteiger partial charge in [0.25, 0.3) is 0 Å². The van der Waals surface area contributed by atoms with E-state index in [1.165, 1.54) is 0 Å². The van der Waals surface area contributed by atoms with Crippen molar-refractivity contribution in [2.24, 2.45) is 23.7 Å². The lowest BCUT2D eigenvalue weighted by atomic mass is 10.00. The van der Waals surface area contributed by atoms with Crippen LogP contribution in [0.25, 0.3) is 0 Å². The highest BCUT2D eigenvalue weighted by Gasteiger charge is 2.20. The quantitative estimate of drug-likeness (QED) is 0.222. The van der Waals surface area contributed by atoms with Crippen LogP contribution >= 0.6 is 0 Å². The second kappa shape index (κ2) is 12.1. The molecule has 0 bridgehead atoms. The standard InChI is InChI=1S/C20H36O4/c1-14(2)8-10-16(5)12-23-19(21)18(7)20(22)24-13-17(6)11-9-15(3)4/h14-17H,7-13H2,1-6H3. The van der Waals surface area contributed by atoms with Gasteiger partial charge >= 0.3 is 11.9 Å². The molecule has 0 aromatic carbocycles. The molecule has 0 aliphatic rings. The van der Waals surface area contributed by atoms with E-state index in [1.54, 1.807) is 0 Å². The Balaban J connectivity index is 4.05. The molecule has 0 aliphatic heterocycles. The predicted octanol–water partition coefficient (Wildman–Crippen LogP) is 4.77. The number of carbonyl (C=O) groups excluding carboxylic acids is 2. The molecule has 140 valence electrons. The Kier molecular flexibility index (Phi) is 11.4. The third-order valence-electron chi connectivity index (χ3n) is 3.96. The number of carbonyl (C=O) groups is 2. The molecule has 4 nitrogen and oxygen atoms in total. The first-order chi connectivity index (χ1) is 11.1. The summed E-state index contributed by atoms with van der Waals surface area (Å²) in [5, 5.41) is 0. The van der Waals surface area contributed by atoms with E-state index in [9.17, 15) is 9.59 Å². The zero-order valence-corrected chi connectivity index (χ0v) is 16.4. The van der Waals surface area contributed by atoms with Crippen LogP contribution in [-0.2, 0) is 19.1 Å². The SMILES string of the molecule is C=C(C(=O)OCC(C)CCC(C)C)C(=O)OCC(C)CCC(C)C. The van der Waals surface area contributed by atoms with E-state index in [-0.39, 0.29) is 17.4 Å². The first-order valence-electron chi connectivity index (χ1n) is 9.16. The van der Waals surface area contributed by atoms with Crippen LogP contribution in [0, 0.1) is 23.7 Å². The Morgan fingerprint density at radius 3 is 1.33 bits per heavy atom. The Morgan fingerprint density at radius 2 is 1.04 bits per heavy atom. The van der Waals surface area contributed by atoms with Crippen LogP contribution in [0.3, 0.4) is 0 Å². The first kappa shape index (κ1) is 22.7. The summed E-state index contributed by atoms with van der Waals surface area (Å²) in [7, 11) is 0. The largest absolute Gasteiger partial charge is 0.462 e. The molecule has 0 N–H and O–H groups in total. The highest BCUT2D eigenvalue weighted by molar-refractivity contribution is 6.13. The van der Waals surface area contributed by atoms with Crippen LogP contribution in [0.2, 0.25) is 0 Å². The van der Waals surface area contributed by atoms with Crippen molar-refractivity contribution in [1.29, 1.82) is 0 Å². The van der Waals surface area contributed by atoms with E-state index in [4.69, 9.17) is 9.47 Å². The van der Waals surface area contributed by atoms with Gasteiger partial charge in [0.15, 0.2) is 0 Å². The highest BCUT2D eigenvalue weighted by Crippen LogP contribution is 2.14. The summed E-state index contributed by atoms with van der Waals surface area (Å²) in [6.45, 7) is 16.9. The molecule has 2 unspecified atom stereocenters. The molecule has 0 aliphatic carbocycles. The van der Waals surface area contributed by atoms with Gasteiger partial charge < -0.3 is 9.47 Å². The van der Waals surface area contributed by atoms with E-state index in [2.05, 4.69) is 34.3 Å². The van der Waals surface area contributed by atoms with E-state index in [0.29, 0.717) is 25.0 Å². The normalized spacial score (nSPS) is 13.7. The molecule has 0 rings (SSSR count). The second-order valence-electron chi connectivity index (χ2n) is 7.83. The van der Waals surface area contributed by atoms with E-state index >= 15 is 0 Å². The molecule has 0 spiro atoms. The Morgan fingerprint density at radius 1 is 0.708 bits per heavy atom. The summed E-state index contributed by atoms with van der Waals surface area (Å²) in [6.07, 6.45) is 4.18. The zero-order valence-electron chi connectivity index (χ0n) is 16.4. The van der Waals surface area contributed by atoms with Gasteiger partial charge in [-0.1, -0.05) is 61.0 Å². The minimum absolute atomic E-state index is 0.220. The van der Waals surface area contributed by atoms with Gasteiger partial charge in [0, 0.05) is 0 Å². The summed E-state index contributed by atoms with van der Waals surface area (Å²) < 4.78 is 10.3. The maximum atomic E-state index is 11.9. The molecular formula is C20H36O4. The molecule has 0 radical (unpaired) electrons. The Labute approximate surface area is 148 Å². The van der Waals surface area contributed by atoms with Crippen LogP contribution < -0.4 is 0 Å². The molecule has 4 heteroatoms. The van der Waals surface area contributed by atoms with Crippen LogP contribution in [0.5, 0.6) is 0 Å². The number of ether oxygens (including phenoxy) is 2. The van der Waals surface area contributed by atoms with Gasteiger partial charge in [-0.15, -0.1) is 0 Å². The van der Waals surface area contributed by atoms with E-state index < -0.39 is 11.9 Å². The van der Waals surface area contributed by atoms with E-state index in [0.717, 1.165) is 25.7 Å². The van der Waals surface area contributed by atoms with Crippen molar-refractivity contribution in [3.8, 4) is 0 Å². The molecule has 0 heterocycles. The van der Waals surface area contributed by atoms with Gasteiger partial charge in [0.05, 0.1) is 13.2 Å². The van der Waals surface area contributed by atoms with Crippen molar-refractivity contribution < 1.29 is 19.1 Å². The van der Waals surface area contributed by atoms with E-state index in [1.807, 2.05) is 13.8 Å². The van der Waals surface area contributed by atoms with Crippen molar-refractivity contribution in [2.45, 2.75) is 67.2 Å². The zero-order chi connectivity index (χ0) is 18.7. The molecule has 24 heavy (non-hydrogen) atoms. The third kappa shape index (κ3) is 11.3. The first-order valence-corrected chi connectivity index (χ1v) is 9.16. The van der Waals surface area contributed by atoms with Gasteiger partial charge in [0.1, 0.15) is 5.57 Å². The topological polar surface area (TPSA) is 52.6 Å². The maximum Gasteiger partial charge on any atom is 0.344 e. The third-order valence-corrected chi connectivity index (χ3v) is 3.96. The number of rotatable bonds is 12. The molecule has 0 aromatic rings. The lowest BCUT2D eigenvalue weighted by molar-refractivity contribution is -0.148. The molecule has 0 amide bonds. The lowest BCUT2D eigenvalue weighted by Gasteiger charge is -2.15. The van der Waals surface area contributed by atoms with Crippen LogP contribution in [-0.4, -0.2) is 25.2 Å². The number of hydrogen-bond acceptors (Lipinski definition) is 4. The summed E-state index contributed by atoms with van der Waals surface area (Å²) >= 11 is 0. The molecule has 0 aromatic heterocycles. The fourth-order valence-corrected chi connectivity index (χ4v) is 2.10. The monoisotopic (exact) mass is 340 g/mol. The second-order valence-corrected chi connectivity index (χ2v) is 7.83. The fourth-order valence-electron chi connectivity index (χ4n) is 2.10. The lowest BCUT2D eigenvalue weighted by Crippen LogP contribution is -2.21. The molecule has 2 atom stereocenters. The summed E-state index contributed by atoms with van der Waals surface area (Å²) in [6, 6.07) is 0. The van der Waals surface area contributed by atoms with Gasteiger partial charge in [-0.2, -0.15) is 0 Å². The summed E-state index contributed by atoms with van der Waals surface area (Å²) in [4.78, 5) is 23.7. The number of hydrogen-bond donors (Lipinski definition) is 0. The summed E-state index contributed by atoms with van der Waals surface area (Å²) in [5.74, 6) is 0.460. The molecule has 0 fully saturated rings. The Bertz CT molecular complexity index is 362. The molecule has 0 saturated heterocycles. The molecule has 0 saturated carbocycles. The summed E-state index contributed by atoms with van der Waals surface area (Å²) in [5.41, 5.74) is -0.220. The van der Waals surface area contributed by atoms with Crippen molar-refractivity contribution >= 4 is 11.9 Å². The smallest absolute Gasteiger partial charge is 0.344 e. The van der Waals surface area contributed by atoms with Crippen LogP contribution in [0.15, 0.2) is 12.2 Å². The number of esters is 2. The molecular weight excluding hydrogens is 304 g/mol. The Hall–Kier alpha value is -1.32. The fraction of sp³-hybridized carbons (Fsp3) is 0.800. The van der Waals surface area contributed by atoms with Gasteiger partial charge in [-0.25, -0.2) is 9.59 Å². The average molecular weight is 341 g/mol. The van der Waals surface area contributed by atoms with Crippen molar-refractivity contribution in [3.05, 3.63) is 12.2 Å². The van der Waals surface area contributed by atoms with Gasteiger partial charge in [-0.05, 0) is 36.5 Å². The van der Waals surface area contributed by atoms with Crippen molar-refractivity contribution in [1.82, 2.24) is 0 Å². The average Bonchev–Trinajstić information content (AvgIpc) is 2.52. The highest BCUT2D eigenvalue weighted by atomic mass is 16.6. The van der Waals surface area contributed by atoms with Gasteiger partial charge in [-0.3, -0.25) is 0 Å². The minimum Gasteiger partial charge on any atom is -0.462 e. The predicted molar refractivity (Wildman–Crippen MR) is 97.5 cm³/mol.